The van der Waals surface area contributed by atoms with Gasteiger partial charge >= 0.3 is 5.97 Å². The highest BCUT2D eigenvalue weighted by atomic mass is 127. The highest BCUT2D eigenvalue weighted by Gasteiger charge is 2.09. The molecule has 0 heterocycles. The zero-order chi connectivity index (χ0) is 11.3. The van der Waals surface area contributed by atoms with E-state index in [1.54, 1.807) is 13.1 Å². The maximum atomic E-state index is 11.0. The van der Waals surface area contributed by atoms with E-state index >= 15 is 0 Å². The van der Waals surface area contributed by atoms with Gasteiger partial charge in [-0.1, -0.05) is 12.1 Å². The predicted molar refractivity (Wildman–Crippen MR) is 68.2 cm³/mol. The molecule has 0 saturated heterocycles. The average Bonchev–Trinajstić information content (AvgIpc) is 2.26. The highest BCUT2D eigenvalue weighted by Crippen LogP contribution is 2.05. The van der Waals surface area contributed by atoms with Crippen LogP contribution in [0.15, 0.2) is 29.3 Å². The lowest BCUT2D eigenvalue weighted by Crippen LogP contribution is -2.16. The van der Waals surface area contributed by atoms with Crippen LogP contribution in [0.5, 0.6) is 0 Å². The zero-order valence-electron chi connectivity index (χ0n) is 8.61. The van der Waals surface area contributed by atoms with Crippen molar-refractivity contribution in [1.29, 1.82) is 0 Å². The van der Waals surface area contributed by atoms with Crippen LogP contribution in [0.3, 0.4) is 0 Å². The second kappa shape index (κ2) is 5.85. The Bertz CT molecular complexity index is 359. The number of esters is 1. The summed E-state index contributed by atoms with van der Waals surface area (Å²) in [5, 5.41) is 0. The van der Waals surface area contributed by atoms with Crippen molar-refractivity contribution in [2.45, 2.75) is 13.0 Å². The normalized spacial score (nSPS) is 12.7. The van der Waals surface area contributed by atoms with Gasteiger partial charge in [-0.25, -0.2) is 4.79 Å². The summed E-state index contributed by atoms with van der Waals surface area (Å²) in [6.07, 6.45) is 1.68. The summed E-state index contributed by atoms with van der Waals surface area (Å²) >= 11 is 2.24. The maximum absolute atomic E-state index is 11.0. The molecule has 4 heteroatoms. The van der Waals surface area contributed by atoms with Crippen molar-refractivity contribution < 1.29 is 9.53 Å². The molecule has 15 heavy (non-hydrogen) atoms. The highest BCUT2D eigenvalue weighted by molar-refractivity contribution is 14.1. The number of carbonyl (C=O) groups excluding carboxylic acids is 1. The summed E-state index contributed by atoms with van der Waals surface area (Å²) in [5.41, 5.74) is 0.978. The Morgan fingerprint density at radius 3 is 2.60 bits per heavy atom. The van der Waals surface area contributed by atoms with Crippen LogP contribution in [0, 0.1) is 3.57 Å². The molecule has 1 aromatic rings. The molecule has 0 fully saturated rings. The van der Waals surface area contributed by atoms with Gasteiger partial charge < -0.3 is 4.74 Å². The molecule has 0 aliphatic heterocycles. The Kier molecular flexibility index (Phi) is 4.74. The van der Waals surface area contributed by atoms with E-state index in [0.29, 0.717) is 0 Å². The van der Waals surface area contributed by atoms with Crippen molar-refractivity contribution in [2.24, 2.45) is 4.99 Å². The third-order valence-corrected chi connectivity index (χ3v) is 2.58. The molecule has 0 saturated carbocycles. The van der Waals surface area contributed by atoms with Crippen LogP contribution >= 0.6 is 22.6 Å². The van der Waals surface area contributed by atoms with Crippen LogP contribution in [-0.4, -0.2) is 25.3 Å². The topological polar surface area (TPSA) is 38.7 Å². The third-order valence-electron chi connectivity index (χ3n) is 1.86. The second-order valence-electron chi connectivity index (χ2n) is 3.03. The number of carbonyl (C=O) groups is 1. The van der Waals surface area contributed by atoms with Gasteiger partial charge in [0.05, 0.1) is 7.11 Å². The number of nitrogens with zero attached hydrogens (tertiary/aromatic N) is 1. The Balaban J connectivity index is 2.65. The molecule has 0 radical (unpaired) electrons. The predicted octanol–water partition coefficient (Wildman–Crippen LogP) is 2.27. The van der Waals surface area contributed by atoms with E-state index in [-0.39, 0.29) is 5.97 Å². The van der Waals surface area contributed by atoms with Gasteiger partial charge in [-0.3, -0.25) is 4.99 Å². The molecule has 0 N–H and O–H groups in total. The van der Waals surface area contributed by atoms with E-state index in [2.05, 4.69) is 32.3 Å². The van der Waals surface area contributed by atoms with E-state index in [0.717, 1.165) is 5.56 Å². The number of hydrogen-bond donors (Lipinski definition) is 0. The van der Waals surface area contributed by atoms with Crippen LogP contribution < -0.4 is 0 Å². The summed E-state index contributed by atoms with van der Waals surface area (Å²) in [6, 6.07) is 7.44. The monoisotopic (exact) mass is 317 g/mol. The SMILES string of the molecule is COC(=O)[C@H](C)N=Cc1ccc(I)cc1. The number of halogens is 1. The average molecular weight is 317 g/mol. The van der Waals surface area contributed by atoms with E-state index in [9.17, 15) is 4.79 Å². The van der Waals surface area contributed by atoms with Crippen molar-refractivity contribution in [2.75, 3.05) is 7.11 Å². The molecule has 0 aromatic heterocycles. The van der Waals surface area contributed by atoms with Crippen LogP contribution in [0.1, 0.15) is 12.5 Å². The first kappa shape index (κ1) is 12.2. The molecule has 0 bridgehead atoms. The number of aliphatic imine (C=N–C) groups is 1. The van der Waals surface area contributed by atoms with E-state index in [1.807, 2.05) is 24.3 Å². The van der Waals surface area contributed by atoms with E-state index < -0.39 is 6.04 Å². The number of hydrogen-bond acceptors (Lipinski definition) is 3. The minimum atomic E-state index is -0.450. The molecular formula is C11H12INO2. The Morgan fingerprint density at radius 2 is 2.07 bits per heavy atom. The largest absolute Gasteiger partial charge is 0.467 e. The van der Waals surface area contributed by atoms with Gasteiger partial charge in [0.15, 0.2) is 0 Å². The fourth-order valence-corrected chi connectivity index (χ4v) is 1.34. The van der Waals surface area contributed by atoms with E-state index in [4.69, 9.17) is 0 Å². The van der Waals surface area contributed by atoms with Gasteiger partial charge in [-0.05, 0) is 47.2 Å². The van der Waals surface area contributed by atoms with Gasteiger partial charge in [0, 0.05) is 9.78 Å². The van der Waals surface area contributed by atoms with Crippen molar-refractivity contribution in [3.63, 3.8) is 0 Å². The summed E-state index contributed by atoms with van der Waals surface area (Å²) < 4.78 is 5.74. The lowest BCUT2D eigenvalue weighted by molar-refractivity contribution is -0.141. The molecule has 0 aliphatic rings. The number of ether oxygens (including phenoxy) is 1. The molecule has 80 valence electrons. The molecule has 0 amide bonds. The lowest BCUT2D eigenvalue weighted by atomic mass is 10.2. The van der Waals surface area contributed by atoms with Crippen molar-refractivity contribution in [3.05, 3.63) is 33.4 Å². The fourth-order valence-electron chi connectivity index (χ4n) is 0.978. The molecule has 1 rings (SSSR count). The summed E-state index contributed by atoms with van der Waals surface area (Å²) in [7, 11) is 1.36. The smallest absolute Gasteiger partial charge is 0.330 e. The molecule has 1 atom stereocenters. The molecular weight excluding hydrogens is 305 g/mol. The Hall–Kier alpha value is -0.910. The van der Waals surface area contributed by atoms with Crippen LogP contribution in [0.2, 0.25) is 0 Å². The van der Waals surface area contributed by atoms with Crippen molar-refractivity contribution >= 4 is 34.8 Å². The number of rotatable bonds is 3. The lowest BCUT2D eigenvalue weighted by Gasteiger charge is -2.02. The van der Waals surface area contributed by atoms with E-state index in [1.165, 1.54) is 10.7 Å². The van der Waals surface area contributed by atoms with Crippen LogP contribution in [0.25, 0.3) is 0 Å². The quantitative estimate of drug-likeness (QED) is 0.487. The first-order chi connectivity index (χ1) is 7.13. The molecule has 0 unspecified atom stereocenters. The standard InChI is InChI=1S/C11H12INO2/c1-8(11(14)15-2)13-7-9-3-5-10(12)6-4-9/h3-8H,1-2H3/t8-/m0/s1. The van der Waals surface area contributed by atoms with Gasteiger partial charge in [0.25, 0.3) is 0 Å². The first-order valence-electron chi connectivity index (χ1n) is 4.50. The third kappa shape index (κ3) is 3.99. The van der Waals surface area contributed by atoms with Gasteiger partial charge in [0.2, 0.25) is 0 Å². The molecule has 3 nitrogen and oxygen atoms in total. The summed E-state index contributed by atoms with van der Waals surface area (Å²) in [6.45, 7) is 1.70. The van der Waals surface area contributed by atoms with Gasteiger partial charge in [-0.2, -0.15) is 0 Å². The number of benzene rings is 1. The minimum absolute atomic E-state index is 0.322. The van der Waals surface area contributed by atoms with Crippen molar-refractivity contribution in [3.8, 4) is 0 Å². The van der Waals surface area contributed by atoms with Gasteiger partial charge in [-0.15, -0.1) is 0 Å². The zero-order valence-corrected chi connectivity index (χ0v) is 10.8. The summed E-state index contributed by atoms with van der Waals surface area (Å²) in [5.74, 6) is -0.322. The second-order valence-corrected chi connectivity index (χ2v) is 4.27. The first-order valence-corrected chi connectivity index (χ1v) is 5.58. The molecule has 1 aromatic carbocycles. The van der Waals surface area contributed by atoms with Gasteiger partial charge in [0.1, 0.15) is 6.04 Å². The Morgan fingerprint density at radius 1 is 1.47 bits per heavy atom. The molecule has 0 aliphatic carbocycles. The summed E-state index contributed by atoms with van der Waals surface area (Å²) in [4.78, 5) is 15.1. The van der Waals surface area contributed by atoms with Crippen LogP contribution in [-0.2, 0) is 9.53 Å². The maximum Gasteiger partial charge on any atom is 0.330 e. The van der Waals surface area contributed by atoms with Crippen LogP contribution in [0.4, 0.5) is 0 Å². The minimum Gasteiger partial charge on any atom is -0.467 e. The Labute approximate surface area is 103 Å². The van der Waals surface area contributed by atoms with Crippen molar-refractivity contribution in [1.82, 2.24) is 0 Å². The number of methoxy groups -OCH3 is 1. The fraction of sp³-hybridized carbons (Fsp3) is 0.273. The molecule has 0 spiro atoms.